The lowest BCUT2D eigenvalue weighted by molar-refractivity contribution is 1.11. The molecule has 0 amide bonds. The third-order valence-electron chi connectivity index (χ3n) is 2.46. The van der Waals surface area contributed by atoms with Crippen molar-refractivity contribution in [1.82, 2.24) is 10.2 Å². The predicted octanol–water partition coefficient (Wildman–Crippen LogP) is 3.51. The molecule has 2 heteroatoms. The highest BCUT2D eigenvalue weighted by atomic mass is 15.1. The van der Waals surface area contributed by atoms with E-state index in [1.807, 2.05) is 20.0 Å². The number of aryl methyl sites for hydroxylation is 3. The van der Waals surface area contributed by atoms with Gasteiger partial charge in [-0.3, -0.25) is 5.10 Å². The van der Waals surface area contributed by atoms with E-state index < -0.39 is 0 Å². The maximum Gasteiger partial charge on any atom is 0.0682 e. The number of aromatic amines is 1. The van der Waals surface area contributed by atoms with E-state index in [0.29, 0.717) is 0 Å². The van der Waals surface area contributed by atoms with Gasteiger partial charge in [0, 0.05) is 5.39 Å². The van der Waals surface area contributed by atoms with Crippen molar-refractivity contribution in [1.29, 1.82) is 0 Å². The largest absolute Gasteiger partial charge is 0.278 e. The summed E-state index contributed by atoms with van der Waals surface area (Å²) >= 11 is 0. The van der Waals surface area contributed by atoms with Gasteiger partial charge in [0.15, 0.2) is 0 Å². The SMILES string of the molecule is CC.Cc1cc(C)c2[nH]ncc2c1C. The molecule has 1 N–H and O–H groups in total. The summed E-state index contributed by atoms with van der Waals surface area (Å²) in [4.78, 5) is 0. The van der Waals surface area contributed by atoms with E-state index in [-0.39, 0.29) is 0 Å². The summed E-state index contributed by atoms with van der Waals surface area (Å²) in [5.74, 6) is 0. The normalized spacial score (nSPS) is 9.79. The topological polar surface area (TPSA) is 28.7 Å². The van der Waals surface area contributed by atoms with Crippen LogP contribution in [0.2, 0.25) is 0 Å². The lowest BCUT2D eigenvalue weighted by Gasteiger charge is -2.03. The van der Waals surface area contributed by atoms with Gasteiger partial charge in [-0.25, -0.2) is 0 Å². The number of H-pyrrole nitrogens is 1. The first-order valence-electron chi connectivity index (χ1n) is 5.10. The first-order valence-corrected chi connectivity index (χ1v) is 5.10. The van der Waals surface area contributed by atoms with Crippen LogP contribution in [0.5, 0.6) is 0 Å². The van der Waals surface area contributed by atoms with E-state index >= 15 is 0 Å². The van der Waals surface area contributed by atoms with Crippen molar-refractivity contribution in [2.24, 2.45) is 0 Å². The second-order valence-corrected chi connectivity index (χ2v) is 3.29. The summed E-state index contributed by atoms with van der Waals surface area (Å²) in [6.07, 6.45) is 1.89. The number of nitrogens with one attached hydrogen (secondary N) is 1. The summed E-state index contributed by atoms with van der Waals surface area (Å²) in [5, 5.41) is 8.29. The van der Waals surface area contributed by atoms with E-state index in [1.54, 1.807) is 0 Å². The Labute approximate surface area is 85.3 Å². The van der Waals surface area contributed by atoms with Crippen molar-refractivity contribution in [3.63, 3.8) is 0 Å². The number of nitrogens with zero attached hydrogens (tertiary/aromatic N) is 1. The third-order valence-corrected chi connectivity index (χ3v) is 2.46. The molecule has 2 nitrogen and oxygen atoms in total. The smallest absolute Gasteiger partial charge is 0.0682 e. The molecule has 1 aromatic heterocycles. The minimum absolute atomic E-state index is 1.16. The molecule has 0 radical (unpaired) electrons. The van der Waals surface area contributed by atoms with Gasteiger partial charge in [-0.2, -0.15) is 5.10 Å². The Bertz CT molecular complexity index is 427. The van der Waals surface area contributed by atoms with Gasteiger partial charge in [0.05, 0.1) is 11.7 Å². The lowest BCUT2D eigenvalue weighted by Crippen LogP contribution is -1.85. The van der Waals surface area contributed by atoms with Crippen LogP contribution in [0.1, 0.15) is 30.5 Å². The molecule has 0 aliphatic rings. The van der Waals surface area contributed by atoms with Crippen LogP contribution in [0.3, 0.4) is 0 Å². The van der Waals surface area contributed by atoms with Crippen LogP contribution in [0, 0.1) is 20.8 Å². The van der Waals surface area contributed by atoms with Crippen molar-refractivity contribution in [3.8, 4) is 0 Å². The molecular formula is C12H18N2. The minimum Gasteiger partial charge on any atom is -0.278 e. The summed E-state index contributed by atoms with van der Waals surface area (Å²) < 4.78 is 0. The van der Waals surface area contributed by atoms with Crippen molar-refractivity contribution in [2.75, 3.05) is 0 Å². The van der Waals surface area contributed by atoms with Crippen molar-refractivity contribution in [3.05, 3.63) is 29.0 Å². The van der Waals surface area contributed by atoms with Crippen LogP contribution in [0.4, 0.5) is 0 Å². The third kappa shape index (κ3) is 1.65. The molecule has 2 aromatic rings. The molecule has 1 aromatic carbocycles. The number of hydrogen-bond donors (Lipinski definition) is 1. The highest BCUT2D eigenvalue weighted by molar-refractivity contribution is 5.85. The molecule has 0 aliphatic carbocycles. The molecule has 0 saturated heterocycles. The number of hydrogen-bond acceptors (Lipinski definition) is 1. The minimum atomic E-state index is 1.16. The van der Waals surface area contributed by atoms with Gasteiger partial charge in [0.1, 0.15) is 0 Å². The summed E-state index contributed by atoms with van der Waals surface area (Å²) in [5.41, 5.74) is 5.09. The monoisotopic (exact) mass is 190 g/mol. The molecule has 2 rings (SSSR count). The lowest BCUT2D eigenvalue weighted by atomic mass is 10.0. The molecule has 0 unspecified atom stereocenters. The van der Waals surface area contributed by atoms with Crippen LogP contribution >= 0.6 is 0 Å². The Morgan fingerprint density at radius 3 is 2.36 bits per heavy atom. The number of benzene rings is 1. The molecule has 1 heterocycles. The second-order valence-electron chi connectivity index (χ2n) is 3.29. The Morgan fingerprint density at radius 2 is 1.71 bits per heavy atom. The molecular weight excluding hydrogens is 172 g/mol. The predicted molar refractivity (Wildman–Crippen MR) is 61.7 cm³/mol. The fourth-order valence-electron chi connectivity index (χ4n) is 1.59. The van der Waals surface area contributed by atoms with Gasteiger partial charge in [-0.15, -0.1) is 0 Å². The van der Waals surface area contributed by atoms with Crippen molar-refractivity contribution >= 4 is 10.9 Å². The van der Waals surface area contributed by atoms with Gasteiger partial charge in [-0.1, -0.05) is 19.9 Å². The van der Waals surface area contributed by atoms with Gasteiger partial charge < -0.3 is 0 Å². The fraction of sp³-hybridized carbons (Fsp3) is 0.417. The molecule has 0 aliphatic heterocycles. The maximum atomic E-state index is 4.04. The molecule has 0 spiro atoms. The first-order chi connectivity index (χ1) is 6.70. The van der Waals surface area contributed by atoms with Gasteiger partial charge in [-0.05, 0) is 37.5 Å². The average Bonchev–Trinajstić information content (AvgIpc) is 2.67. The summed E-state index contributed by atoms with van der Waals surface area (Å²) in [6.45, 7) is 10.4. The van der Waals surface area contributed by atoms with Crippen molar-refractivity contribution in [2.45, 2.75) is 34.6 Å². The van der Waals surface area contributed by atoms with E-state index in [0.717, 1.165) is 5.52 Å². The molecule has 14 heavy (non-hydrogen) atoms. The first kappa shape index (κ1) is 10.8. The van der Waals surface area contributed by atoms with E-state index in [2.05, 4.69) is 37.0 Å². The highest BCUT2D eigenvalue weighted by Crippen LogP contribution is 2.22. The number of rotatable bonds is 0. The van der Waals surface area contributed by atoms with Crippen LogP contribution in [-0.2, 0) is 0 Å². The quantitative estimate of drug-likeness (QED) is 0.676. The second kappa shape index (κ2) is 4.27. The van der Waals surface area contributed by atoms with Crippen LogP contribution in [-0.4, -0.2) is 10.2 Å². The Morgan fingerprint density at radius 1 is 1.07 bits per heavy atom. The van der Waals surface area contributed by atoms with Crippen LogP contribution in [0.15, 0.2) is 12.3 Å². The Kier molecular flexibility index (Phi) is 3.28. The van der Waals surface area contributed by atoms with E-state index in [9.17, 15) is 0 Å². The van der Waals surface area contributed by atoms with Crippen LogP contribution in [0.25, 0.3) is 10.9 Å². The molecule has 0 fully saturated rings. The summed E-state index contributed by atoms with van der Waals surface area (Å²) in [6, 6.07) is 2.19. The highest BCUT2D eigenvalue weighted by Gasteiger charge is 2.04. The van der Waals surface area contributed by atoms with Crippen LogP contribution < -0.4 is 0 Å². The molecule has 76 valence electrons. The zero-order valence-corrected chi connectivity index (χ0v) is 9.60. The van der Waals surface area contributed by atoms with Gasteiger partial charge in [0.25, 0.3) is 0 Å². The van der Waals surface area contributed by atoms with Gasteiger partial charge >= 0.3 is 0 Å². The van der Waals surface area contributed by atoms with Gasteiger partial charge in [0.2, 0.25) is 0 Å². The molecule has 0 bridgehead atoms. The number of fused-ring (bicyclic) bond motifs is 1. The summed E-state index contributed by atoms with van der Waals surface area (Å²) in [7, 11) is 0. The maximum absolute atomic E-state index is 4.04. The Balaban J connectivity index is 0.000000461. The fourth-order valence-corrected chi connectivity index (χ4v) is 1.59. The van der Waals surface area contributed by atoms with Crippen molar-refractivity contribution < 1.29 is 0 Å². The molecule has 0 atom stereocenters. The molecule has 0 saturated carbocycles. The average molecular weight is 190 g/mol. The van der Waals surface area contributed by atoms with E-state index in [1.165, 1.54) is 22.1 Å². The number of aromatic nitrogens is 2. The van der Waals surface area contributed by atoms with E-state index in [4.69, 9.17) is 0 Å². The standard InChI is InChI=1S/C10H12N2.C2H6/c1-6-4-7(2)10-9(8(6)3)5-11-12-10;1-2/h4-5H,1-3H3,(H,11,12);1-2H3. The zero-order chi connectivity index (χ0) is 10.7. The Hall–Kier alpha value is -1.31. The zero-order valence-electron chi connectivity index (χ0n) is 9.60.